The van der Waals surface area contributed by atoms with Crippen LogP contribution in [0.1, 0.15) is 21.5 Å². The van der Waals surface area contributed by atoms with Crippen molar-refractivity contribution >= 4 is 32.9 Å². The Morgan fingerprint density at radius 2 is 1.73 bits per heavy atom. The average Bonchev–Trinajstić information content (AvgIpc) is 3.55. The zero-order valence-electron chi connectivity index (χ0n) is 19.5. The van der Waals surface area contributed by atoms with Crippen LogP contribution in [0, 0.1) is 11.8 Å². The first kappa shape index (κ1) is 25.0. The Bertz CT molecular complexity index is 1480. The first-order valence-corrected chi connectivity index (χ1v) is 13.2. The highest BCUT2D eigenvalue weighted by atomic mass is 32.2. The maximum absolute atomic E-state index is 13.2. The lowest BCUT2D eigenvalue weighted by atomic mass is 10.0. The molecule has 196 valence electrons. The number of nitrogens with zero attached hydrogens (tertiary/aromatic N) is 4. The van der Waals surface area contributed by atoms with Crippen molar-refractivity contribution in [3.63, 3.8) is 0 Å². The van der Waals surface area contributed by atoms with Gasteiger partial charge in [-0.1, -0.05) is 5.21 Å². The number of H-pyrrole nitrogens is 1. The number of nitrogens with one attached hydrogen (secondary N) is 1. The minimum absolute atomic E-state index is 0.0395. The van der Waals surface area contributed by atoms with Crippen LogP contribution in [0.5, 0.6) is 0 Å². The van der Waals surface area contributed by atoms with Gasteiger partial charge < -0.3 is 14.5 Å². The summed E-state index contributed by atoms with van der Waals surface area (Å²) in [5.41, 5.74) is 0.589. The quantitative estimate of drug-likeness (QED) is 0.543. The third kappa shape index (κ3) is 5.10. The van der Waals surface area contributed by atoms with E-state index >= 15 is 0 Å². The molecule has 37 heavy (non-hydrogen) atoms. The molecule has 2 fully saturated rings. The highest BCUT2D eigenvalue weighted by molar-refractivity contribution is 7.90. The molecule has 0 unspecified atom stereocenters. The topological polar surface area (TPSA) is 126 Å². The molecule has 0 saturated carbocycles. The number of aromatic amines is 1. The van der Waals surface area contributed by atoms with E-state index in [9.17, 15) is 31.2 Å². The molecule has 1 aromatic heterocycles. The molecule has 14 heteroatoms. The van der Waals surface area contributed by atoms with Crippen LogP contribution >= 0.6 is 0 Å². The number of benzene rings is 2. The Kier molecular flexibility index (Phi) is 6.09. The molecule has 3 heterocycles. The first-order valence-electron chi connectivity index (χ1n) is 11.3. The molecule has 2 aliphatic heterocycles. The second-order valence-electron chi connectivity index (χ2n) is 9.37. The van der Waals surface area contributed by atoms with E-state index in [1.165, 1.54) is 4.90 Å². The monoisotopic (exact) mass is 537 g/mol. The fourth-order valence-electron chi connectivity index (χ4n) is 4.82. The highest BCUT2D eigenvalue weighted by Gasteiger charge is 2.43. The van der Waals surface area contributed by atoms with Gasteiger partial charge in [-0.15, -0.1) is 5.10 Å². The van der Waals surface area contributed by atoms with Gasteiger partial charge in [0.05, 0.1) is 16.0 Å². The molecule has 0 bridgehead atoms. The predicted octanol–water partition coefficient (Wildman–Crippen LogP) is 2.72. The molecule has 2 atom stereocenters. The number of hydrogen-bond acceptors (Lipinski definition) is 7. The first-order chi connectivity index (χ1) is 17.4. The van der Waals surface area contributed by atoms with E-state index in [0.717, 1.165) is 23.9 Å². The number of sulfone groups is 1. The predicted molar refractivity (Wildman–Crippen MR) is 123 cm³/mol. The molecule has 10 nitrogen and oxygen atoms in total. The number of amides is 2. The standard InChI is InChI=1S/C23H22F3N5O5S/c1-37(34,35)18-5-13(4-17(7-18)23(24,25)26)12-36-22(33)31-10-15-8-30(9-16(15)11-31)21(32)14-2-3-19-20(6-14)28-29-27-19/h2-7,15-16H,8-12H2,1H3,(H,27,28,29)/t15-,16+. The van der Waals surface area contributed by atoms with Crippen molar-refractivity contribution in [2.75, 3.05) is 32.4 Å². The number of hydrogen-bond donors (Lipinski definition) is 1. The molecular formula is C23H22F3N5O5S. The number of likely N-dealkylation sites (tertiary alicyclic amines) is 2. The molecule has 1 N–H and O–H groups in total. The van der Waals surface area contributed by atoms with E-state index in [4.69, 9.17) is 4.74 Å². The fraction of sp³-hybridized carbons (Fsp3) is 0.391. The zero-order valence-corrected chi connectivity index (χ0v) is 20.3. The van der Waals surface area contributed by atoms with Crippen LogP contribution in [0.2, 0.25) is 0 Å². The van der Waals surface area contributed by atoms with Gasteiger partial charge in [0, 0.05) is 49.8 Å². The van der Waals surface area contributed by atoms with Crippen LogP contribution < -0.4 is 0 Å². The molecule has 2 aromatic carbocycles. The lowest BCUT2D eigenvalue weighted by molar-refractivity contribution is -0.137. The number of fused-ring (bicyclic) bond motifs is 2. The maximum atomic E-state index is 13.2. The minimum Gasteiger partial charge on any atom is -0.445 e. The van der Waals surface area contributed by atoms with Crippen molar-refractivity contribution in [3.8, 4) is 0 Å². The number of ether oxygens (including phenoxy) is 1. The van der Waals surface area contributed by atoms with E-state index in [-0.39, 0.29) is 23.3 Å². The van der Waals surface area contributed by atoms with Crippen molar-refractivity contribution < 1.29 is 35.9 Å². The average molecular weight is 538 g/mol. The van der Waals surface area contributed by atoms with Crippen molar-refractivity contribution in [2.45, 2.75) is 17.7 Å². The van der Waals surface area contributed by atoms with Crippen LogP contribution in [0.4, 0.5) is 18.0 Å². The van der Waals surface area contributed by atoms with Gasteiger partial charge in [0.1, 0.15) is 12.1 Å². The molecule has 3 aromatic rings. The SMILES string of the molecule is CS(=O)(=O)c1cc(COC(=O)N2C[C@@H]3CN(C(=O)c4ccc5[nH]nnc5c4)C[C@@H]3C2)cc(C(F)(F)F)c1. The summed E-state index contributed by atoms with van der Waals surface area (Å²) >= 11 is 0. The summed E-state index contributed by atoms with van der Waals surface area (Å²) in [4.78, 5) is 28.3. The number of rotatable bonds is 4. The molecular weight excluding hydrogens is 515 g/mol. The summed E-state index contributed by atoms with van der Waals surface area (Å²) in [6, 6.07) is 7.49. The van der Waals surface area contributed by atoms with Crippen LogP contribution in [0.15, 0.2) is 41.3 Å². The summed E-state index contributed by atoms with van der Waals surface area (Å²) < 4.78 is 68.5. The number of halogens is 3. The van der Waals surface area contributed by atoms with E-state index < -0.39 is 39.2 Å². The molecule has 2 amide bonds. The summed E-state index contributed by atoms with van der Waals surface area (Å²) in [5, 5.41) is 10.4. The van der Waals surface area contributed by atoms with Crippen LogP contribution in [0.3, 0.4) is 0 Å². The largest absolute Gasteiger partial charge is 0.445 e. The Hall–Kier alpha value is -3.68. The van der Waals surface area contributed by atoms with Gasteiger partial charge in [-0.25, -0.2) is 13.2 Å². The molecule has 0 spiro atoms. The van der Waals surface area contributed by atoms with Gasteiger partial charge in [0.25, 0.3) is 5.91 Å². The highest BCUT2D eigenvalue weighted by Crippen LogP contribution is 2.34. The van der Waals surface area contributed by atoms with E-state index in [1.807, 2.05) is 0 Å². The van der Waals surface area contributed by atoms with Crippen molar-refractivity contribution in [3.05, 3.63) is 53.1 Å². The van der Waals surface area contributed by atoms with E-state index in [2.05, 4.69) is 15.4 Å². The lowest BCUT2D eigenvalue weighted by Crippen LogP contribution is -2.35. The summed E-state index contributed by atoms with van der Waals surface area (Å²) in [5.74, 6) is -0.0602. The Balaban J connectivity index is 1.19. The van der Waals surface area contributed by atoms with Crippen molar-refractivity contribution in [1.29, 1.82) is 0 Å². The van der Waals surface area contributed by atoms with Crippen LogP contribution in [-0.2, 0) is 27.4 Å². The Morgan fingerprint density at radius 3 is 2.38 bits per heavy atom. The normalized spacial score (nSPS) is 19.9. The smallest absolute Gasteiger partial charge is 0.416 e. The summed E-state index contributed by atoms with van der Waals surface area (Å²) in [6.45, 7) is 1.08. The second-order valence-corrected chi connectivity index (χ2v) is 11.4. The van der Waals surface area contributed by atoms with Crippen LogP contribution in [-0.4, -0.2) is 78.1 Å². The summed E-state index contributed by atoms with van der Waals surface area (Å²) in [7, 11) is -3.90. The molecule has 0 aliphatic carbocycles. The van der Waals surface area contributed by atoms with Gasteiger partial charge in [-0.2, -0.15) is 13.2 Å². The zero-order chi connectivity index (χ0) is 26.5. The number of carbonyl (C=O) groups is 2. The third-order valence-corrected chi connectivity index (χ3v) is 7.78. The third-order valence-electron chi connectivity index (χ3n) is 6.69. The molecule has 0 radical (unpaired) electrons. The van der Waals surface area contributed by atoms with Crippen molar-refractivity contribution in [1.82, 2.24) is 25.2 Å². The molecule has 5 rings (SSSR count). The summed E-state index contributed by atoms with van der Waals surface area (Å²) in [6.07, 6.45) is -4.65. The van der Waals surface area contributed by atoms with E-state index in [1.54, 1.807) is 23.1 Å². The lowest BCUT2D eigenvalue weighted by Gasteiger charge is -2.22. The van der Waals surface area contributed by atoms with Gasteiger partial charge in [-0.3, -0.25) is 9.89 Å². The van der Waals surface area contributed by atoms with Gasteiger partial charge >= 0.3 is 12.3 Å². The Morgan fingerprint density at radius 1 is 1.05 bits per heavy atom. The minimum atomic E-state index is -4.75. The number of alkyl halides is 3. The number of aromatic nitrogens is 3. The van der Waals surface area contributed by atoms with Gasteiger partial charge in [0.2, 0.25) is 0 Å². The molecule has 2 saturated heterocycles. The van der Waals surface area contributed by atoms with Gasteiger partial charge in [0.15, 0.2) is 9.84 Å². The maximum Gasteiger partial charge on any atom is 0.416 e. The second kappa shape index (κ2) is 9.01. The molecule has 2 aliphatic rings. The van der Waals surface area contributed by atoms with Crippen LogP contribution in [0.25, 0.3) is 11.0 Å². The van der Waals surface area contributed by atoms with Crippen molar-refractivity contribution in [2.24, 2.45) is 11.8 Å². The number of carbonyl (C=O) groups excluding carboxylic acids is 2. The fourth-order valence-corrected chi connectivity index (χ4v) is 5.53. The van der Waals surface area contributed by atoms with E-state index in [0.29, 0.717) is 43.3 Å². The Labute approximate surface area is 209 Å². The van der Waals surface area contributed by atoms with Gasteiger partial charge in [-0.05, 0) is 42.0 Å².